The molecular weight excluding hydrogens is 366 g/mol. The minimum Gasteiger partial charge on any atom is -0.493 e. The minimum absolute atomic E-state index is 0.146. The van der Waals surface area contributed by atoms with E-state index in [4.69, 9.17) is 27.5 Å². The maximum Gasteiger partial charge on any atom is 0.221 e. The van der Waals surface area contributed by atoms with Crippen LogP contribution in [0.4, 0.5) is 0 Å². The molecule has 1 amide bonds. The number of nitrogens with one attached hydrogen (secondary N) is 1. The predicted octanol–water partition coefficient (Wildman–Crippen LogP) is 3.07. The lowest BCUT2D eigenvalue weighted by atomic mass is 10.1. The van der Waals surface area contributed by atoms with Crippen molar-refractivity contribution in [3.8, 4) is 29.9 Å². The summed E-state index contributed by atoms with van der Waals surface area (Å²) in [6.45, 7) is 0.146. The number of hydrogen-bond donors (Lipinski definition) is 1. The molecule has 1 aromatic heterocycles. The van der Waals surface area contributed by atoms with Gasteiger partial charge in [0.05, 0.1) is 13.2 Å². The van der Waals surface area contributed by atoms with Gasteiger partial charge in [0.1, 0.15) is 17.8 Å². The fraction of sp³-hybridized carbons (Fsp3) is 0.250. The van der Waals surface area contributed by atoms with Gasteiger partial charge in [-0.2, -0.15) is 5.26 Å². The first-order valence-electron chi connectivity index (χ1n) is 8.11. The topological polar surface area (TPSA) is 84.2 Å². The molecule has 0 aliphatic carbocycles. The van der Waals surface area contributed by atoms with Crippen LogP contribution in [-0.2, 0) is 11.2 Å². The molecule has 0 aliphatic heterocycles. The highest BCUT2D eigenvalue weighted by atomic mass is 35.5. The third-order valence-corrected chi connectivity index (χ3v) is 3.92. The van der Waals surface area contributed by atoms with Gasteiger partial charge in [0, 0.05) is 18.2 Å². The highest BCUT2D eigenvalue weighted by Crippen LogP contribution is 2.28. The average Bonchev–Trinajstić information content (AvgIpc) is 2.69. The molecule has 2 rings (SSSR count). The largest absolute Gasteiger partial charge is 0.493 e. The summed E-state index contributed by atoms with van der Waals surface area (Å²) in [5.74, 6) is 3.24. The van der Waals surface area contributed by atoms with Crippen LogP contribution in [0.2, 0.25) is 5.15 Å². The molecule has 6 nitrogen and oxygen atoms in total. The van der Waals surface area contributed by atoms with Crippen molar-refractivity contribution in [3.63, 3.8) is 0 Å². The summed E-state index contributed by atoms with van der Waals surface area (Å²) in [7, 11) is 1.53. The summed E-state index contributed by atoms with van der Waals surface area (Å²) >= 11 is 5.74. The molecule has 0 fully saturated rings. The van der Waals surface area contributed by atoms with Gasteiger partial charge in [-0.15, -0.1) is 6.42 Å². The lowest BCUT2D eigenvalue weighted by Crippen LogP contribution is -2.27. The van der Waals surface area contributed by atoms with E-state index in [1.165, 1.54) is 13.3 Å². The zero-order valence-electron chi connectivity index (χ0n) is 14.7. The second kappa shape index (κ2) is 10.1. The SMILES string of the molecule is C#CCOc1ccc(CCC(=O)NC(C#N)c2ccc(Cl)nc2)cc1OC. The number of terminal acetylenes is 1. The van der Waals surface area contributed by atoms with Gasteiger partial charge >= 0.3 is 0 Å². The van der Waals surface area contributed by atoms with E-state index < -0.39 is 6.04 Å². The Balaban J connectivity index is 1.95. The smallest absolute Gasteiger partial charge is 0.221 e. The molecule has 0 saturated heterocycles. The summed E-state index contributed by atoms with van der Waals surface area (Å²) in [4.78, 5) is 16.1. The van der Waals surface area contributed by atoms with Crippen LogP contribution in [0.3, 0.4) is 0 Å². The van der Waals surface area contributed by atoms with Crippen LogP contribution in [0.5, 0.6) is 11.5 Å². The zero-order chi connectivity index (χ0) is 19.6. The Kier molecular flexibility index (Phi) is 7.49. The van der Waals surface area contributed by atoms with E-state index in [-0.39, 0.29) is 18.9 Å². The summed E-state index contributed by atoms with van der Waals surface area (Å²) < 4.78 is 10.7. The van der Waals surface area contributed by atoms with Crippen molar-refractivity contribution in [2.24, 2.45) is 0 Å². The summed E-state index contributed by atoms with van der Waals surface area (Å²) in [5, 5.41) is 12.3. The predicted molar refractivity (Wildman–Crippen MR) is 101 cm³/mol. The lowest BCUT2D eigenvalue weighted by Gasteiger charge is -2.13. The molecule has 0 radical (unpaired) electrons. The third kappa shape index (κ3) is 5.91. The molecule has 1 aromatic carbocycles. The standard InChI is InChI=1S/C20H18ClN3O3/c1-3-10-27-17-7-4-14(11-18(17)26-2)5-9-20(25)24-16(12-22)15-6-8-19(21)23-13-15/h1,4,6-8,11,13,16H,5,9-10H2,2H3,(H,24,25). The number of nitrogens with zero attached hydrogens (tertiary/aromatic N) is 2. The molecule has 1 atom stereocenters. The Bertz CT molecular complexity index is 870. The normalized spacial score (nSPS) is 11.0. The van der Waals surface area contributed by atoms with E-state index in [2.05, 4.69) is 16.2 Å². The summed E-state index contributed by atoms with van der Waals surface area (Å²) in [6.07, 6.45) is 7.35. The fourth-order valence-corrected chi connectivity index (χ4v) is 2.46. The first-order chi connectivity index (χ1) is 13.1. The number of amides is 1. The number of nitriles is 1. The van der Waals surface area contributed by atoms with Gasteiger partial charge in [-0.1, -0.05) is 29.7 Å². The molecule has 7 heteroatoms. The molecule has 2 aromatic rings. The number of pyridine rings is 1. The summed E-state index contributed by atoms with van der Waals surface area (Å²) in [5.41, 5.74) is 1.48. The monoisotopic (exact) mass is 383 g/mol. The maximum atomic E-state index is 12.2. The third-order valence-electron chi connectivity index (χ3n) is 3.70. The Morgan fingerprint density at radius 3 is 2.81 bits per heavy atom. The highest BCUT2D eigenvalue weighted by molar-refractivity contribution is 6.29. The van der Waals surface area contributed by atoms with E-state index in [1.807, 2.05) is 12.1 Å². The van der Waals surface area contributed by atoms with Gasteiger partial charge in [0.2, 0.25) is 5.91 Å². The van der Waals surface area contributed by atoms with E-state index in [1.54, 1.807) is 24.3 Å². The molecule has 1 N–H and O–H groups in total. The number of rotatable bonds is 8. The Morgan fingerprint density at radius 1 is 1.37 bits per heavy atom. The van der Waals surface area contributed by atoms with Gasteiger partial charge in [0.25, 0.3) is 0 Å². The molecule has 1 unspecified atom stereocenters. The van der Waals surface area contributed by atoms with Gasteiger partial charge in [-0.3, -0.25) is 4.79 Å². The number of hydrogen-bond acceptors (Lipinski definition) is 5. The number of carbonyl (C=O) groups excluding carboxylic acids is 1. The van der Waals surface area contributed by atoms with Gasteiger partial charge in [0.15, 0.2) is 11.5 Å². The number of methoxy groups -OCH3 is 1. The molecular formula is C20H18ClN3O3. The van der Waals surface area contributed by atoms with E-state index in [0.29, 0.717) is 28.6 Å². The second-order valence-corrected chi connectivity index (χ2v) is 5.91. The van der Waals surface area contributed by atoms with Crippen LogP contribution < -0.4 is 14.8 Å². The van der Waals surface area contributed by atoms with Crippen molar-refractivity contribution in [1.29, 1.82) is 5.26 Å². The number of carbonyl (C=O) groups is 1. The molecule has 1 heterocycles. The molecule has 27 heavy (non-hydrogen) atoms. The molecule has 0 spiro atoms. The van der Waals surface area contributed by atoms with Crippen LogP contribution in [0.15, 0.2) is 36.5 Å². The Hall–Kier alpha value is -3.22. The van der Waals surface area contributed by atoms with Crippen LogP contribution in [0, 0.1) is 23.7 Å². The maximum absolute atomic E-state index is 12.2. The van der Waals surface area contributed by atoms with Gasteiger partial charge < -0.3 is 14.8 Å². The van der Waals surface area contributed by atoms with E-state index in [9.17, 15) is 10.1 Å². The van der Waals surface area contributed by atoms with Crippen molar-refractivity contribution in [2.45, 2.75) is 18.9 Å². The Labute approximate surface area is 163 Å². The van der Waals surface area contributed by atoms with E-state index >= 15 is 0 Å². The van der Waals surface area contributed by atoms with Crippen LogP contribution in [0.1, 0.15) is 23.6 Å². The molecule has 138 valence electrons. The van der Waals surface area contributed by atoms with Crippen molar-refractivity contribution in [3.05, 3.63) is 52.8 Å². The molecule has 0 saturated carbocycles. The van der Waals surface area contributed by atoms with Gasteiger partial charge in [-0.05, 0) is 30.2 Å². The lowest BCUT2D eigenvalue weighted by molar-refractivity contribution is -0.121. The van der Waals surface area contributed by atoms with Crippen LogP contribution >= 0.6 is 11.6 Å². The fourth-order valence-electron chi connectivity index (χ4n) is 2.35. The number of halogens is 1. The minimum atomic E-state index is -0.781. The quantitative estimate of drug-likeness (QED) is 0.559. The average molecular weight is 384 g/mol. The number of ether oxygens (including phenoxy) is 2. The summed E-state index contributed by atoms with van der Waals surface area (Å²) in [6, 6.07) is 9.88. The van der Waals surface area contributed by atoms with Crippen molar-refractivity contribution < 1.29 is 14.3 Å². The van der Waals surface area contributed by atoms with Crippen LogP contribution in [-0.4, -0.2) is 24.6 Å². The van der Waals surface area contributed by atoms with Crippen molar-refractivity contribution in [1.82, 2.24) is 10.3 Å². The van der Waals surface area contributed by atoms with Crippen molar-refractivity contribution in [2.75, 3.05) is 13.7 Å². The zero-order valence-corrected chi connectivity index (χ0v) is 15.5. The van der Waals surface area contributed by atoms with Gasteiger partial charge in [-0.25, -0.2) is 4.98 Å². The number of aryl methyl sites for hydroxylation is 1. The number of benzene rings is 1. The molecule has 0 bridgehead atoms. The van der Waals surface area contributed by atoms with Crippen molar-refractivity contribution >= 4 is 17.5 Å². The van der Waals surface area contributed by atoms with E-state index in [0.717, 1.165) is 5.56 Å². The number of aromatic nitrogens is 1. The Morgan fingerprint density at radius 2 is 2.19 bits per heavy atom. The highest BCUT2D eigenvalue weighted by Gasteiger charge is 2.14. The first kappa shape index (κ1) is 20.1. The first-order valence-corrected chi connectivity index (χ1v) is 8.48. The van der Waals surface area contributed by atoms with Crippen LogP contribution in [0.25, 0.3) is 0 Å². The second-order valence-electron chi connectivity index (χ2n) is 5.52. The molecule has 0 aliphatic rings.